The van der Waals surface area contributed by atoms with E-state index in [1.807, 2.05) is 18.7 Å². The molecular weight excluding hydrogens is 462 g/mol. The van der Waals surface area contributed by atoms with Gasteiger partial charge in [-0.1, -0.05) is 0 Å². The minimum atomic E-state index is -3.75. The van der Waals surface area contributed by atoms with Crippen molar-refractivity contribution in [2.75, 3.05) is 56.2 Å². The van der Waals surface area contributed by atoms with E-state index in [4.69, 9.17) is 13.9 Å². The number of benzene rings is 1. The number of carbonyl (C=O) groups is 2. The van der Waals surface area contributed by atoms with Gasteiger partial charge in [0.2, 0.25) is 10.0 Å². The fourth-order valence-corrected chi connectivity index (χ4v) is 4.89. The highest BCUT2D eigenvalue weighted by molar-refractivity contribution is 7.89. The van der Waals surface area contributed by atoms with Gasteiger partial charge in [-0.3, -0.25) is 4.79 Å². The van der Waals surface area contributed by atoms with Crippen LogP contribution in [0.15, 0.2) is 52.0 Å². The van der Waals surface area contributed by atoms with Gasteiger partial charge >= 0.3 is 5.97 Å². The van der Waals surface area contributed by atoms with E-state index in [0.29, 0.717) is 43.4 Å². The number of nitrogens with one attached hydrogen (secondary N) is 1. The molecule has 2 aromatic rings. The zero-order valence-corrected chi connectivity index (χ0v) is 20.0. The van der Waals surface area contributed by atoms with Crippen LogP contribution >= 0.6 is 0 Å². The van der Waals surface area contributed by atoms with Gasteiger partial charge < -0.3 is 24.1 Å². The minimum absolute atomic E-state index is 0.0685. The van der Waals surface area contributed by atoms with E-state index in [1.165, 1.54) is 28.8 Å². The zero-order valence-electron chi connectivity index (χ0n) is 19.2. The number of furan rings is 1. The quantitative estimate of drug-likeness (QED) is 0.397. The van der Waals surface area contributed by atoms with Crippen LogP contribution in [-0.2, 0) is 29.1 Å². The summed E-state index contributed by atoms with van der Waals surface area (Å²) < 4.78 is 42.9. The van der Waals surface area contributed by atoms with Crippen molar-refractivity contribution >= 4 is 39.4 Å². The number of anilines is 2. The van der Waals surface area contributed by atoms with Crippen molar-refractivity contribution in [2.45, 2.75) is 18.7 Å². The van der Waals surface area contributed by atoms with Crippen LogP contribution < -0.4 is 10.2 Å². The highest BCUT2D eigenvalue weighted by Gasteiger charge is 2.27. The fourth-order valence-electron chi connectivity index (χ4n) is 3.46. The molecule has 0 bridgehead atoms. The second-order valence-corrected chi connectivity index (χ2v) is 9.31. The van der Waals surface area contributed by atoms with Gasteiger partial charge in [-0.15, -0.1) is 0 Å². The van der Waals surface area contributed by atoms with E-state index in [9.17, 15) is 18.0 Å². The van der Waals surface area contributed by atoms with Crippen molar-refractivity contribution in [3.8, 4) is 0 Å². The first kappa shape index (κ1) is 25.5. The van der Waals surface area contributed by atoms with Crippen molar-refractivity contribution in [1.82, 2.24) is 4.31 Å². The minimum Gasteiger partial charge on any atom is -0.465 e. The summed E-state index contributed by atoms with van der Waals surface area (Å²) in [5.41, 5.74) is 0.994. The number of ether oxygens (including phenoxy) is 2. The van der Waals surface area contributed by atoms with Gasteiger partial charge in [0.1, 0.15) is 5.76 Å². The number of rotatable bonds is 10. The molecule has 10 nitrogen and oxygen atoms in total. The third-order valence-corrected chi connectivity index (χ3v) is 7.12. The number of carbonyl (C=O) groups excluding carboxylic acids is 2. The molecule has 1 fully saturated rings. The third kappa shape index (κ3) is 6.46. The van der Waals surface area contributed by atoms with Crippen LogP contribution in [0.3, 0.4) is 0 Å². The lowest BCUT2D eigenvalue weighted by Gasteiger charge is -2.28. The smallest absolute Gasteiger partial charge is 0.331 e. The van der Waals surface area contributed by atoms with E-state index in [1.54, 1.807) is 18.2 Å². The average Bonchev–Trinajstić information content (AvgIpc) is 3.37. The SMILES string of the molecule is CCN(CC)c1ccc(S(=O)(=O)N2CCOCC2)cc1NC(=O)COC(=O)/C=C\c1ccco1. The van der Waals surface area contributed by atoms with E-state index in [0.717, 1.165) is 6.08 Å². The predicted octanol–water partition coefficient (Wildman–Crippen LogP) is 2.34. The first-order chi connectivity index (χ1) is 16.3. The van der Waals surface area contributed by atoms with Crippen molar-refractivity contribution in [3.63, 3.8) is 0 Å². The van der Waals surface area contributed by atoms with Gasteiger partial charge in [-0.2, -0.15) is 4.31 Å². The number of hydrogen-bond donors (Lipinski definition) is 1. The monoisotopic (exact) mass is 491 g/mol. The van der Waals surface area contributed by atoms with E-state index >= 15 is 0 Å². The Morgan fingerprint density at radius 3 is 2.56 bits per heavy atom. The molecule has 1 amide bonds. The number of esters is 1. The summed E-state index contributed by atoms with van der Waals surface area (Å²) in [6.07, 6.45) is 4.06. The van der Waals surface area contributed by atoms with Gasteiger partial charge in [0.25, 0.3) is 5.91 Å². The molecule has 0 saturated carbocycles. The highest BCUT2D eigenvalue weighted by Crippen LogP contribution is 2.30. The van der Waals surface area contributed by atoms with Gasteiger partial charge in [-0.05, 0) is 50.3 Å². The molecule has 0 aliphatic carbocycles. The van der Waals surface area contributed by atoms with Gasteiger partial charge in [0.15, 0.2) is 6.61 Å². The molecule has 1 saturated heterocycles. The average molecular weight is 492 g/mol. The maximum absolute atomic E-state index is 13.1. The van der Waals surface area contributed by atoms with E-state index in [-0.39, 0.29) is 18.0 Å². The van der Waals surface area contributed by atoms with Gasteiger partial charge in [-0.25, -0.2) is 13.2 Å². The molecule has 1 N–H and O–H groups in total. The Labute approximate surface area is 199 Å². The Kier molecular flexibility index (Phi) is 8.85. The van der Waals surface area contributed by atoms with Crippen LogP contribution in [0.1, 0.15) is 19.6 Å². The Morgan fingerprint density at radius 1 is 1.18 bits per heavy atom. The van der Waals surface area contributed by atoms with Crippen molar-refractivity contribution in [2.24, 2.45) is 0 Å². The Morgan fingerprint density at radius 2 is 1.91 bits per heavy atom. The predicted molar refractivity (Wildman–Crippen MR) is 127 cm³/mol. The highest BCUT2D eigenvalue weighted by atomic mass is 32.2. The topological polar surface area (TPSA) is 118 Å². The van der Waals surface area contributed by atoms with Crippen molar-refractivity contribution < 1.29 is 31.9 Å². The zero-order chi connectivity index (χ0) is 24.6. The molecule has 0 spiro atoms. The van der Waals surface area contributed by atoms with E-state index in [2.05, 4.69) is 5.32 Å². The molecule has 0 unspecified atom stereocenters. The Bertz CT molecular complexity index is 1100. The molecule has 0 atom stereocenters. The molecular formula is C23H29N3O7S. The fraction of sp³-hybridized carbons (Fsp3) is 0.391. The Hall–Kier alpha value is -3.15. The van der Waals surface area contributed by atoms with Crippen LogP contribution in [0.2, 0.25) is 0 Å². The van der Waals surface area contributed by atoms with Crippen LogP contribution in [0.4, 0.5) is 11.4 Å². The second kappa shape index (κ2) is 11.8. The number of nitrogens with zero attached hydrogens (tertiary/aromatic N) is 2. The molecule has 1 aliphatic heterocycles. The number of hydrogen-bond acceptors (Lipinski definition) is 8. The van der Waals surface area contributed by atoms with Crippen LogP contribution in [0.25, 0.3) is 6.08 Å². The van der Waals surface area contributed by atoms with Crippen LogP contribution in [0.5, 0.6) is 0 Å². The number of amides is 1. The van der Waals surface area contributed by atoms with Crippen molar-refractivity contribution in [1.29, 1.82) is 0 Å². The van der Waals surface area contributed by atoms with E-state index < -0.39 is 28.5 Å². The summed E-state index contributed by atoms with van der Waals surface area (Å²) in [5, 5.41) is 2.69. The molecule has 34 heavy (non-hydrogen) atoms. The van der Waals surface area contributed by atoms with Crippen LogP contribution in [0, 0.1) is 0 Å². The molecule has 3 rings (SSSR count). The maximum atomic E-state index is 13.1. The molecule has 1 aliphatic rings. The molecule has 2 heterocycles. The normalized spacial score (nSPS) is 14.8. The molecule has 1 aromatic carbocycles. The summed E-state index contributed by atoms with van der Waals surface area (Å²) in [4.78, 5) is 26.5. The molecule has 11 heteroatoms. The summed E-state index contributed by atoms with van der Waals surface area (Å²) in [5.74, 6) is -0.822. The first-order valence-corrected chi connectivity index (χ1v) is 12.4. The summed E-state index contributed by atoms with van der Waals surface area (Å²) in [6, 6.07) is 8.00. The van der Waals surface area contributed by atoms with Gasteiger partial charge in [0, 0.05) is 32.3 Å². The van der Waals surface area contributed by atoms with Gasteiger partial charge in [0.05, 0.1) is 35.7 Å². The summed E-state index contributed by atoms with van der Waals surface area (Å²) >= 11 is 0. The Balaban J connectivity index is 1.75. The number of morpholine rings is 1. The molecule has 184 valence electrons. The largest absolute Gasteiger partial charge is 0.465 e. The third-order valence-electron chi connectivity index (χ3n) is 5.23. The summed E-state index contributed by atoms with van der Waals surface area (Å²) in [7, 11) is -3.75. The first-order valence-electron chi connectivity index (χ1n) is 11.0. The van der Waals surface area contributed by atoms with Crippen molar-refractivity contribution in [3.05, 3.63) is 48.4 Å². The standard InChI is InChI=1S/C23H29N3O7S/c1-3-25(4-2)21-9-8-19(34(29,30)26-11-14-31-15-12-26)16-20(21)24-22(27)17-33-23(28)10-7-18-6-5-13-32-18/h5-10,13,16H,3-4,11-12,14-15,17H2,1-2H3,(H,24,27)/b10-7-. The van der Waals surface area contributed by atoms with Crippen LogP contribution in [-0.4, -0.2) is 70.6 Å². The lowest BCUT2D eigenvalue weighted by Crippen LogP contribution is -2.40. The second-order valence-electron chi connectivity index (χ2n) is 7.37. The maximum Gasteiger partial charge on any atom is 0.331 e. The summed E-state index contributed by atoms with van der Waals surface area (Å²) in [6.45, 7) is 5.90. The lowest BCUT2D eigenvalue weighted by atomic mass is 10.2. The lowest BCUT2D eigenvalue weighted by molar-refractivity contribution is -0.142. The number of sulfonamides is 1. The molecule has 1 aromatic heterocycles. The molecule has 0 radical (unpaired) electrons.